The number of aryl methyl sites for hydroxylation is 1. The molecule has 2 aromatic carbocycles. The molecular formula is C22H20F4N2O. The summed E-state index contributed by atoms with van der Waals surface area (Å²) in [6, 6.07) is 12.5. The number of halogens is 4. The number of likely N-dealkylation sites (N-methyl/N-ethyl adjacent to an activating group) is 1. The van der Waals surface area contributed by atoms with Crippen LogP contribution in [0.25, 0.3) is 10.9 Å². The Bertz CT molecular complexity index is 1070. The molecule has 1 aromatic heterocycles. The van der Waals surface area contributed by atoms with Crippen LogP contribution in [0.2, 0.25) is 0 Å². The van der Waals surface area contributed by atoms with Gasteiger partial charge in [-0.1, -0.05) is 24.3 Å². The van der Waals surface area contributed by atoms with Crippen LogP contribution in [0.1, 0.15) is 23.2 Å². The van der Waals surface area contributed by atoms with E-state index in [1.165, 1.54) is 10.6 Å². The van der Waals surface area contributed by atoms with Crippen LogP contribution in [0.3, 0.4) is 0 Å². The summed E-state index contributed by atoms with van der Waals surface area (Å²) in [5, 5.41) is 1.14. The molecule has 1 aliphatic rings. The lowest BCUT2D eigenvalue weighted by Gasteiger charge is -2.33. The highest BCUT2D eigenvalue weighted by atomic mass is 19.4. The molecule has 0 saturated heterocycles. The number of hydrogen-bond donors (Lipinski definition) is 0. The first-order valence-electron chi connectivity index (χ1n) is 9.42. The number of amides is 1. The van der Waals surface area contributed by atoms with Gasteiger partial charge in [0.25, 0.3) is 0 Å². The Hall–Kier alpha value is -2.83. The largest absolute Gasteiger partial charge is 0.416 e. The summed E-state index contributed by atoms with van der Waals surface area (Å²) in [7, 11) is 1.63. The monoisotopic (exact) mass is 404 g/mol. The van der Waals surface area contributed by atoms with Gasteiger partial charge < -0.3 is 9.47 Å². The van der Waals surface area contributed by atoms with Crippen molar-refractivity contribution in [2.75, 3.05) is 7.05 Å². The molecule has 1 aliphatic heterocycles. The van der Waals surface area contributed by atoms with Crippen LogP contribution >= 0.6 is 0 Å². The molecule has 0 spiro atoms. The molecule has 2 heterocycles. The van der Waals surface area contributed by atoms with Crippen molar-refractivity contribution in [3.05, 3.63) is 71.2 Å². The molecule has 152 valence electrons. The quantitative estimate of drug-likeness (QED) is 0.575. The Balaban J connectivity index is 1.54. The highest BCUT2D eigenvalue weighted by Crippen LogP contribution is 2.33. The van der Waals surface area contributed by atoms with Gasteiger partial charge in [-0.25, -0.2) is 4.39 Å². The molecule has 0 radical (unpaired) electrons. The zero-order valence-corrected chi connectivity index (χ0v) is 15.8. The third kappa shape index (κ3) is 3.73. The Morgan fingerprint density at radius 3 is 2.69 bits per heavy atom. The third-order valence-electron chi connectivity index (χ3n) is 5.68. The molecule has 0 N–H and O–H groups in total. The summed E-state index contributed by atoms with van der Waals surface area (Å²) in [6.07, 6.45) is -3.59. The van der Waals surface area contributed by atoms with E-state index in [0.717, 1.165) is 35.9 Å². The van der Waals surface area contributed by atoms with E-state index in [1.54, 1.807) is 7.05 Å². The van der Waals surface area contributed by atoms with Crippen molar-refractivity contribution in [3.63, 3.8) is 0 Å². The molecule has 3 aromatic rings. The molecule has 0 fully saturated rings. The first-order chi connectivity index (χ1) is 13.7. The summed E-state index contributed by atoms with van der Waals surface area (Å²) < 4.78 is 55.1. The van der Waals surface area contributed by atoms with Gasteiger partial charge in [0, 0.05) is 30.8 Å². The molecule has 1 amide bonds. The van der Waals surface area contributed by atoms with Crippen molar-refractivity contribution < 1.29 is 22.4 Å². The van der Waals surface area contributed by atoms with Crippen molar-refractivity contribution in [1.29, 1.82) is 0 Å². The zero-order valence-electron chi connectivity index (χ0n) is 15.8. The first kappa shape index (κ1) is 19.5. The fourth-order valence-electron chi connectivity index (χ4n) is 4.08. The van der Waals surface area contributed by atoms with Gasteiger partial charge in [-0.2, -0.15) is 13.2 Å². The maximum Gasteiger partial charge on any atom is 0.416 e. The first-order valence-corrected chi connectivity index (χ1v) is 9.42. The van der Waals surface area contributed by atoms with Gasteiger partial charge in [-0.05, 0) is 48.1 Å². The van der Waals surface area contributed by atoms with Crippen LogP contribution in [-0.2, 0) is 30.4 Å². The van der Waals surface area contributed by atoms with E-state index in [4.69, 9.17) is 0 Å². The Morgan fingerprint density at radius 1 is 1.17 bits per heavy atom. The Kier molecular flexibility index (Phi) is 4.84. The summed E-state index contributed by atoms with van der Waals surface area (Å²) in [4.78, 5) is 14.3. The van der Waals surface area contributed by atoms with Gasteiger partial charge in [0.15, 0.2) is 0 Å². The fraction of sp³-hybridized carbons (Fsp3) is 0.318. The van der Waals surface area contributed by atoms with Gasteiger partial charge in [0.2, 0.25) is 5.91 Å². The molecule has 0 aliphatic carbocycles. The maximum atomic E-state index is 13.3. The van der Waals surface area contributed by atoms with E-state index in [1.807, 2.05) is 24.3 Å². The minimum absolute atomic E-state index is 0.111. The second kappa shape index (κ2) is 7.21. The number of carbonyl (C=O) groups excluding carboxylic acids is 1. The van der Waals surface area contributed by atoms with Gasteiger partial charge in [0.1, 0.15) is 5.82 Å². The van der Waals surface area contributed by atoms with E-state index >= 15 is 0 Å². The predicted molar refractivity (Wildman–Crippen MR) is 102 cm³/mol. The normalized spacial score (nSPS) is 16.7. The topological polar surface area (TPSA) is 25.2 Å². The number of para-hydroxylation sites is 1. The molecule has 0 bridgehead atoms. The minimum Gasteiger partial charge on any atom is -0.343 e. The van der Waals surface area contributed by atoms with Crippen LogP contribution in [0.4, 0.5) is 17.6 Å². The van der Waals surface area contributed by atoms with Crippen molar-refractivity contribution in [2.45, 2.75) is 38.0 Å². The number of hydrogen-bond acceptors (Lipinski definition) is 1. The number of nitrogens with zero attached hydrogens (tertiary/aromatic N) is 2. The van der Waals surface area contributed by atoms with Crippen molar-refractivity contribution >= 4 is 16.8 Å². The predicted octanol–water partition coefficient (Wildman–Crippen LogP) is 4.82. The Labute approximate surface area is 165 Å². The maximum absolute atomic E-state index is 13.3. The highest BCUT2D eigenvalue weighted by Gasteiger charge is 2.35. The molecule has 0 saturated carbocycles. The van der Waals surface area contributed by atoms with E-state index in [9.17, 15) is 22.4 Å². The fourth-order valence-corrected chi connectivity index (χ4v) is 4.08. The zero-order chi connectivity index (χ0) is 20.8. The highest BCUT2D eigenvalue weighted by molar-refractivity contribution is 5.82. The second-order valence-corrected chi connectivity index (χ2v) is 7.48. The van der Waals surface area contributed by atoms with Crippen LogP contribution < -0.4 is 0 Å². The third-order valence-corrected chi connectivity index (χ3v) is 5.68. The van der Waals surface area contributed by atoms with Crippen LogP contribution in [0.15, 0.2) is 48.5 Å². The van der Waals surface area contributed by atoms with Crippen molar-refractivity contribution in [2.24, 2.45) is 0 Å². The second-order valence-electron chi connectivity index (χ2n) is 7.48. The SMILES string of the molecule is CN(C(=O)Cc1ccc(F)cc1C(F)(F)F)[C@@H]1CCc2cc3ccccc3n2C1. The lowest BCUT2D eigenvalue weighted by Crippen LogP contribution is -2.43. The number of fused-ring (bicyclic) bond motifs is 3. The summed E-state index contributed by atoms with van der Waals surface area (Å²) >= 11 is 0. The van der Waals surface area contributed by atoms with Crippen molar-refractivity contribution in [3.8, 4) is 0 Å². The summed E-state index contributed by atoms with van der Waals surface area (Å²) in [6.45, 7) is 0.598. The minimum atomic E-state index is -4.71. The molecule has 7 heteroatoms. The van der Waals surface area contributed by atoms with Gasteiger partial charge in [0.05, 0.1) is 12.0 Å². The molecule has 4 rings (SSSR count). The molecule has 1 atom stereocenters. The summed E-state index contributed by atoms with van der Waals surface area (Å²) in [5.41, 5.74) is 0.979. The number of rotatable bonds is 3. The average Bonchev–Trinajstić information content (AvgIpc) is 3.05. The van der Waals surface area contributed by atoms with E-state index in [-0.39, 0.29) is 11.6 Å². The van der Waals surface area contributed by atoms with Gasteiger partial charge in [-0.15, -0.1) is 0 Å². The number of aromatic nitrogens is 1. The van der Waals surface area contributed by atoms with Gasteiger partial charge >= 0.3 is 6.18 Å². The lowest BCUT2D eigenvalue weighted by atomic mass is 10.0. The van der Waals surface area contributed by atoms with Crippen LogP contribution in [0, 0.1) is 5.82 Å². The standard InChI is InChI=1S/C22H20F4N2O/c1-27(21(29)11-14-6-7-16(23)12-19(14)22(24,25)26)18-9-8-17-10-15-4-2-3-5-20(15)28(17)13-18/h2-7,10,12,18H,8-9,11,13H2,1H3/t18-/m1/s1. The average molecular weight is 404 g/mol. The molecule has 0 unspecified atom stereocenters. The summed E-state index contributed by atoms with van der Waals surface area (Å²) in [5.74, 6) is -1.38. The molecule has 29 heavy (non-hydrogen) atoms. The number of carbonyl (C=O) groups is 1. The van der Waals surface area contributed by atoms with Crippen molar-refractivity contribution in [1.82, 2.24) is 9.47 Å². The number of benzene rings is 2. The molecule has 3 nitrogen and oxygen atoms in total. The van der Waals surface area contributed by atoms with Crippen LogP contribution in [-0.4, -0.2) is 28.5 Å². The molecular weight excluding hydrogens is 384 g/mol. The Morgan fingerprint density at radius 2 is 1.93 bits per heavy atom. The van der Waals surface area contributed by atoms with Crippen LogP contribution in [0.5, 0.6) is 0 Å². The lowest BCUT2D eigenvalue weighted by molar-refractivity contribution is -0.139. The smallest absolute Gasteiger partial charge is 0.343 e. The van der Waals surface area contributed by atoms with Gasteiger partial charge in [-0.3, -0.25) is 4.79 Å². The van der Waals surface area contributed by atoms with E-state index < -0.39 is 29.9 Å². The van der Waals surface area contributed by atoms with E-state index in [0.29, 0.717) is 12.6 Å². The number of alkyl halides is 3. The van der Waals surface area contributed by atoms with E-state index in [2.05, 4.69) is 10.6 Å².